The molecule has 140 valence electrons. The molecule has 8 nitrogen and oxygen atoms in total. The average Bonchev–Trinajstić information content (AvgIpc) is 2.51. The molecule has 4 bridgehead atoms. The van der Waals surface area contributed by atoms with Gasteiger partial charge < -0.3 is 0 Å². The van der Waals surface area contributed by atoms with Gasteiger partial charge in [-0.2, -0.15) is 0 Å². The molecule has 1 aromatic carbocycles. The fourth-order valence-electron chi connectivity index (χ4n) is 5.15. The molecule has 4 saturated heterocycles. The van der Waals surface area contributed by atoms with Crippen molar-refractivity contribution >= 4 is 23.2 Å². The molecule has 0 unspecified atom stereocenters. The van der Waals surface area contributed by atoms with Crippen LogP contribution in [0, 0.1) is 25.6 Å². The SMILES string of the molecule is CC1(C)C2([N+](=O)[O-])CN3CC1([N+](=O)[O-])CN(C2)C3c1ccc(Cl)cc1Cl. The minimum atomic E-state index is -1.40. The first-order valence-corrected chi connectivity index (χ1v) is 9.03. The summed E-state index contributed by atoms with van der Waals surface area (Å²) in [5, 5.41) is 25.1. The van der Waals surface area contributed by atoms with Gasteiger partial charge in [-0.15, -0.1) is 0 Å². The Morgan fingerprint density at radius 1 is 1.00 bits per heavy atom. The van der Waals surface area contributed by atoms with Crippen molar-refractivity contribution < 1.29 is 9.85 Å². The van der Waals surface area contributed by atoms with Crippen molar-refractivity contribution in [2.75, 3.05) is 26.2 Å². The zero-order valence-electron chi connectivity index (χ0n) is 14.3. The molecule has 4 aliphatic heterocycles. The zero-order chi connectivity index (χ0) is 19.1. The standard InChI is InChI=1S/C16H18Cl2N4O4/c1-14(2)15(21(23)24)6-19-8-16(14,22(25)26)9-20(7-15)13(19)11-4-3-10(17)5-12(11)18/h3-5,13H,6-9H2,1-2H3. The third-order valence-electron chi connectivity index (χ3n) is 6.82. The minimum Gasteiger partial charge on any atom is -0.270 e. The smallest absolute Gasteiger partial charge is 0.259 e. The highest BCUT2D eigenvalue weighted by Gasteiger charge is 2.81. The Bertz CT molecular complexity index is 778. The summed E-state index contributed by atoms with van der Waals surface area (Å²) in [6.07, 6.45) is -0.322. The van der Waals surface area contributed by atoms with Crippen LogP contribution in [0.25, 0.3) is 0 Å². The molecule has 4 heterocycles. The molecule has 26 heavy (non-hydrogen) atoms. The third-order valence-corrected chi connectivity index (χ3v) is 7.38. The van der Waals surface area contributed by atoms with E-state index in [0.717, 1.165) is 5.56 Å². The van der Waals surface area contributed by atoms with Crippen LogP contribution in [-0.2, 0) is 0 Å². The van der Waals surface area contributed by atoms with Crippen molar-refractivity contribution in [1.82, 2.24) is 9.80 Å². The van der Waals surface area contributed by atoms with Crippen molar-refractivity contribution in [2.45, 2.75) is 31.1 Å². The van der Waals surface area contributed by atoms with Gasteiger partial charge in [0.25, 0.3) is 11.1 Å². The molecule has 0 amide bonds. The molecule has 0 radical (unpaired) electrons. The summed E-state index contributed by atoms with van der Waals surface area (Å²) < 4.78 is 0. The number of nitro groups is 2. The van der Waals surface area contributed by atoms with Gasteiger partial charge in [0.05, 0.1) is 32.3 Å². The number of piperidine rings is 2. The summed E-state index contributed by atoms with van der Waals surface area (Å²) in [6, 6.07) is 5.13. The van der Waals surface area contributed by atoms with Crippen LogP contribution in [0.15, 0.2) is 18.2 Å². The Balaban J connectivity index is 1.85. The fourth-order valence-corrected chi connectivity index (χ4v) is 5.65. The first kappa shape index (κ1) is 17.9. The topological polar surface area (TPSA) is 92.8 Å². The number of rotatable bonds is 3. The van der Waals surface area contributed by atoms with Crippen LogP contribution in [-0.4, -0.2) is 56.9 Å². The second-order valence-electron chi connectivity index (χ2n) is 8.05. The Morgan fingerprint density at radius 3 is 1.85 bits per heavy atom. The van der Waals surface area contributed by atoms with Gasteiger partial charge in [-0.3, -0.25) is 30.0 Å². The summed E-state index contributed by atoms with van der Waals surface area (Å²) in [4.78, 5) is 27.2. The normalized spacial score (nSPS) is 39.8. The van der Waals surface area contributed by atoms with Crippen molar-refractivity contribution in [1.29, 1.82) is 0 Å². The first-order chi connectivity index (χ1) is 12.1. The van der Waals surface area contributed by atoms with Crippen molar-refractivity contribution in [2.24, 2.45) is 5.41 Å². The second-order valence-corrected chi connectivity index (χ2v) is 8.90. The molecule has 10 heteroatoms. The fraction of sp³-hybridized carbons (Fsp3) is 0.625. The van der Waals surface area contributed by atoms with Gasteiger partial charge in [0.15, 0.2) is 0 Å². The number of nitrogens with zero attached hydrogens (tertiary/aromatic N) is 4. The molecule has 1 aromatic rings. The summed E-state index contributed by atoms with van der Waals surface area (Å²) in [5.41, 5.74) is -3.10. The average molecular weight is 401 g/mol. The van der Waals surface area contributed by atoms with Gasteiger partial charge in [-0.25, -0.2) is 0 Å². The lowest BCUT2D eigenvalue weighted by Crippen LogP contribution is -2.88. The predicted octanol–water partition coefficient (Wildman–Crippen LogP) is 2.69. The zero-order valence-corrected chi connectivity index (χ0v) is 15.8. The highest BCUT2D eigenvalue weighted by atomic mass is 35.5. The number of hydrogen-bond donors (Lipinski definition) is 0. The van der Waals surface area contributed by atoms with E-state index < -0.39 is 16.5 Å². The van der Waals surface area contributed by atoms with E-state index in [1.807, 2.05) is 9.80 Å². The van der Waals surface area contributed by atoms with Crippen molar-refractivity contribution in [3.05, 3.63) is 54.0 Å². The monoisotopic (exact) mass is 400 g/mol. The van der Waals surface area contributed by atoms with Crippen LogP contribution < -0.4 is 0 Å². The van der Waals surface area contributed by atoms with E-state index in [9.17, 15) is 20.2 Å². The predicted molar refractivity (Wildman–Crippen MR) is 95.6 cm³/mol. The van der Waals surface area contributed by atoms with Crippen LogP contribution in [0.2, 0.25) is 10.0 Å². The van der Waals surface area contributed by atoms with Crippen LogP contribution in [0.1, 0.15) is 25.6 Å². The second kappa shape index (κ2) is 5.28. The van der Waals surface area contributed by atoms with E-state index in [-0.39, 0.29) is 42.2 Å². The molecule has 0 saturated carbocycles. The Labute approximate surface area is 159 Å². The molecular weight excluding hydrogens is 383 g/mol. The molecule has 4 fully saturated rings. The Morgan fingerprint density at radius 2 is 1.46 bits per heavy atom. The number of benzene rings is 1. The van der Waals surface area contributed by atoms with Gasteiger partial charge in [-0.1, -0.05) is 29.3 Å². The largest absolute Gasteiger partial charge is 0.270 e. The molecule has 4 aliphatic rings. The minimum absolute atomic E-state index is 0.155. The van der Waals surface area contributed by atoms with Gasteiger partial charge in [0.1, 0.15) is 5.41 Å². The summed E-state index contributed by atoms with van der Waals surface area (Å²) in [6.45, 7) is 3.96. The van der Waals surface area contributed by atoms with E-state index in [4.69, 9.17) is 23.2 Å². The molecule has 0 atom stereocenters. The Kier molecular flexibility index (Phi) is 3.64. The van der Waals surface area contributed by atoms with Gasteiger partial charge in [0.2, 0.25) is 0 Å². The number of halogens is 2. The van der Waals surface area contributed by atoms with E-state index >= 15 is 0 Å². The molecule has 0 aromatic heterocycles. The van der Waals surface area contributed by atoms with E-state index in [0.29, 0.717) is 10.0 Å². The highest BCUT2D eigenvalue weighted by molar-refractivity contribution is 6.35. The molecule has 0 N–H and O–H groups in total. The highest BCUT2D eigenvalue weighted by Crippen LogP contribution is 2.59. The molecule has 0 aliphatic carbocycles. The molecule has 5 rings (SSSR count). The van der Waals surface area contributed by atoms with E-state index in [1.165, 1.54) is 0 Å². The summed E-state index contributed by atoms with van der Waals surface area (Å²) in [5.74, 6) is 0. The molecule has 0 spiro atoms. The quantitative estimate of drug-likeness (QED) is 0.571. The van der Waals surface area contributed by atoms with Crippen LogP contribution in [0.4, 0.5) is 0 Å². The first-order valence-electron chi connectivity index (χ1n) is 8.28. The van der Waals surface area contributed by atoms with Crippen LogP contribution in [0.3, 0.4) is 0 Å². The van der Waals surface area contributed by atoms with E-state index in [1.54, 1.807) is 32.0 Å². The molecular formula is C16H18Cl2N4O4. The lowest BCUT2D eigenvalue weighted by molar-refractivity contribution is -0.679. The van der Waals surface area contributed by atoms with Gasteiger partial charge in [-0.05, 0) is 26.0 Å². The third kappa shape index (κ3) is 1.93. The maximum Gasteiger partial charge on any atom is 0.259 e. The Hall–Kier alpha value is -1.48. The van der Waals surface area contributed by atoms with Gasteiger partial charge in [0, 0.05) is 25.5 Å². The lowest BCUT2D eigenvalue weighted by Gasteiger charge is -2.66. The van der Waals surface area contributed by atoms with Crippen molar-refractivity contribution in [3.8, 4) is 0 Å². The summed E-state index contributed by atoms with van der Waals surface area (Å²) >= 11 is 12.3. The maximum absolute atomic E-state index is 12.1. The lowest BCUT2D eigenvalue weighted by atomic mass is 9.53. The number of hydrogen-bond acceptors (Lipinski definition) is 6. The van der Waals surface area contributed by atoms with Crippen molar-refractivity contribution in [3.63, 3.8) is 0 Å². The van der Waals surface area contributed by atoms with Gasteiger partial charge >= 0.3 is 0 Å². The maximum atomic E-state index is 12.1. The van der Waals surface area contributed by atoms with E-state index in [2.05, 4.69) is 0 Å². The van der Waals surface area contributed by atoms with Crippen LogP contribution in [0.5, 0.6) is 0 Å². The van der Waals surface area contributed by atoms with Crippen LogP contribution >= 0.6 is 23.2 Å². The summed E-state index contributed by atoms with van der Waals surface area (Å²) in [7, 11) is 0.